The molecule has 0 heterocycles. The van der Waals surface area contributed by atoms with Gasteiger partial charge in [0.15, 0.2) is 0 Å². The zero-order valence-corrected chi connectivity index (χ0v) is 12.8. The normalized spacial score (nSPS) is 13.0. The van der Waals surface area contributed by atoms with Crippen LogP contribution in [0.1, 0.15) is 39.2 Å². The number of carboxylic acids is 1. The van der Waals surface area contributed by atoms with Crippen LogP contribution in [0.4, 0.5) is 0 Å². The van der Waals surface area contributed by atoms with Gasteiger partial charge in [-0.15, -0.1) is 0 Å². The summed E-state index contributed by atoms with van der Waals surface area (Å²) in [6.07, 6.45) is 1.48. The van der Waals surface area contributed by atoms with E-state index in [1.54, 1.807) is 7.11 Å². The number of carbonyl (C=O) groups is 1. The molecule has 0 fully saturated rings. The number of benzene rings is 1. The highest BCUT2D eigenvalue weighted by atomic mass is 16.5. The predicted octanol–water partition coefficient (Wildman–Crippen LogP) is 3.06. The van der Waals surface area contributed by atoms with Crippen molar-refractivity contribution >= 4 is 5.97 Å². The second-order valence-electron chi connectivity index (χ2n) is 6.18. The van der Waals surface area contributed by atoms with Crippen molar-refractivity contribution in [2.45, 2.75) is 46.2 Å². The summed E-state index contributed by atoms with van der Waals surface area (Å²) in [6.45, 7) is 6.84. The van der Waals surface area contributed by atoms with Gasteiger partial charge < -0.3 is 15.2 Å². The molecule has 0 aliphatic heterocycles. The first-order chi connectivity index (χ1) is 9.33. The van der Waals surface area contributed by atoms with Gasteiger partial charge in [-0.25, -0.2) is 0 Å². The van der Waals surface area contributed by atoms with Crippen LogP contribution in [0.5, 0.6) is 5.75 Å². The lowest BCUT2D eigenvalue weighted by Crippen LogP contribution is -2.37. The molecule has 0 saturated carbocycles. The predicted molar refractivity (Wildman–Crippen MR) is 79.9 cm³/mol. The van der Waals surface area contributed by atoms with Crippen LogP contribution < -0.4 is 10.1 Å². The molecular weight excluding hydrogens is 254 g/mol. The number of carboxylic acid groups (broad SMARTS) is 1. The summed E-state index contributed by atoms with van der Waals surface area (Å²) in [5.74, 6) is -0.0240. The fraction of sp³-hybridized carbons (Fsp3) is 0.562. The Kier molecular flexibility index (Phi) is 6.02. The van der Waals surface area contributed by atoms with Crippen molar-refractivity contribution < 1.29 is 14.6 Å². The van der Waals surface area contributed by atoms with E-state index in [1.165, 1.54) is 0 Å². The number of hydrogen-bond donors (Lipinski definition) is 2. The van der Waals surface area contributed by atoms with Gasteiger partial charge in [0.2, 0.25) is 0 Å². The summed E-state index contributed by atoms with van der Waals surface area (Å²) in [6, 6.07) is 7.11. The van der Waals surface area contributed by atoms with Crippen LogP contribution >= 0.6 is 0 Å². The molecular formula is C16H25NO3. The maximum atomic E-state index is 11.3. The lowest BCUT2D eigenvalue weighted by Gasteiger charge is -2.22. The van der Waals surface area contributed by atoms with Gasteiger partial charge in [0.25, 0.3) is 0 Å². The van der Waals surface area contributed by atoms with Crippen molar-refractivity contribution in [1.82, 2.24) is 5.32 Å². The molecule has 4 nitrogen and oxygen atoms in total. The molecule has 1 rings (SSSR count). The highest BCUT2D eigenvalue weighted by molar-refractivity contribution is 5.73. The van der Waals surface area contributed by atoms with Crippen molar-refractivity contribution in [1.29, 1.82) is 0 Å². The van der Waals surface area contributed by atoms with Crippen molar-refractivity contribution in [2.75, 3.05) is 7.11 Å². The van der Waals surface area contributed by atoms with E-state index in [2.05, 4.69) is 26.1 Å². The van der Waals surface area contributed by atoms with Crippen LogP contribution in [-0.2, 0) is 11.3 Å². The minimum Gasteiger partial charge on any atom is -0.496 e. The van der Waals surface area contributed by atoms with Gasteiger partial charge in [0.05, 0.1) is 7.11 Å². The van der Waals surface area contributed by atoms with Gasteiger partial charge in [0, 0.05) is 12.1 Å². The van der Waals surface area contributed by atoms with Gasteiger partial charge in [-0.2, -0.15) is 0 Å². The highest BCUT2D eigenvalue weighted by Gasteiger charge is 2.20. The third-order valence-electron chi connectivity index (χ3n) is 3.21. The van der Waals surface area contributed by atoms with Gasteiger partial charge >= 0.3 is 5.97 Å². The Bertz CT molecular complexity index is 438. The summed E-state index contributed by atoms with van der Waals surface area (Å²) in [5.41, 5.74) is 1.11. The first kappa shape index (κ1) is 16.5. The Balaban J connectivity index is 2.61. The molecule has 4 heteroatoms. The lowest BCUT2D eigenvalue weighted by atomic mass is 9.88. The molecule has 0 aliphatic rings. The van der Waals surface area contributed by atoms with Crippen LogP contribution in [0.3, 0.4) is 0 Å². The number of rotatable bonds is 7. The second-order valence-corrected chi connectivity index (χ2v) is 6.18. The zero-order valence-electron chi connectivity index (χ0n) is 12.8. The summed E-state index contributed by atoms with van der Waals surface area (Å²) in [5, 5.41) is 12.4. The van der Waals surface area contributed by atoms with E-state index in [-0.39, 0.29) is 5.41 Å². The molecule has 0 aromatic heterocycles. The maximum absolute atomic E-state index is 11.3. The third-order valence-corrected chi connectivity index (χ3v) is 3.21. The number of nitrogens with one attached hydrogen (secondary N) is 1. The molecule has 2 N–H and O–H groups in total. The first-order valence-electron chi connectivity index (χ1n) is 6.91. The van der Waals surface area contributed by atoms with Crippen LogP contribution in [0.25, 0.3) is 0 Å². The van der Waals surface area contributed by atoms with E-state index in [9.17, 15) is 9.90 Å². The van der Waals surface area contributed by atoms with Crippen LogP contribution in [0, 0.1) is 5.41 Å². The Labute approximate surface area is 121 Å². The Hall–Kier alpha value is -1.55. The minimum atomic E-state index is -0.802. The van der Waals surface area contributed by atoms with E-state index in [1.807, 2.05) is 24.3 Å². The van der Waals surface area contributed by atoms with Gasteiger partial charge in [0.1, 0.15) is 11.8 Å². The van der Waals surface area contributed by atoms with Crippen LogP contribution in [0.2, 0.25) is 0 Å². The van der Waals surface area contributed by atoms with E-state index in [0.717, 1.165) is 17.7 Å². The molecule has 0 radical (unpaired) electrons. The average Bonchev–Trinajstić information content (AvgIpc) is 2.37. The number of aliphatic carboxylic acids is 1. The van der Waals surface area contributed by atoms with Crippen molar-refractivity contribution in [2.24, 2.45) is 5.41 Å². The number of para-hydroxylation sites is 1. The van der Waals surface area contributed by atoms with Crippen molar-refractivity contribution in [3.05, 3.63) is 29.8 Å². The quantitative estimate of drug-likeness (QED) is 0.805. The molecule has 0 amide bonds. The average molecular weight is 279 g/mol. The van der Waals surface area contributed by atoms with E-state index < -0.39 is 12.0 Å². The Morgan fingerprint density at radius 2 is 2.00 bits per heavy atom. The topological polar surface area (TPSA) is 58.6 Å². The third kappa shape index (κ3) is 5.61. The standard InChI is InChI=1S/C16H25NO3/c1-16(2,3)10-9-13(15(18)19)17-11-12-7-5-6-8-14(12)20-4/h5-8,13,17H,9-11H2,1-4H3,(H,18,19). The summed E-state index contributed by atoms with van der Waals surface area (Å²) in [4.78, 5) is 11.3. The second kappa shape index (κ2) is 7.29. The number of hydrogen-bond acceptors (Lipinski definition) is 3. The Morgan fingerprint density at radius 3 is 2.55 bits per heavy atom. The van der Waals surface area contributed by atoms with Crippen molar-refractivity contribution in [3.8, 4) is 5.75 Å². The fourth-order valence-corrected chi connectivity index (χ4v) is 1.97. The molecule has 1 aromatic rings. The molecule has 0 saturated heterocycles. The number of ether oxygens (including phenoxy) is 1. The molecule has 112 valence electrons. The Morgan fingerprint density at radius 1 is 1.35 bits per heavy atom. The van der Waals surface area contributed by atoms with Gasteiger partial charge in [-0.3, -0.25) is 4.79 Å². The first-order valence-corrected chi connectivity index (χ1v) is 6.91. The monoisotopic (exact) mass is 279 g/mol. The summed E-state index contributed by atoms with van der Waals surface area (Å²) in [7, 11) is 1.62. The molecule has 0 bridgehead atoms. The fourth-order valence-electron chi connectivity index (χ4n) is 1.97. The van der Waals surface area contributed by atoms with E-state index in [4.69, 9.17) is 4.74 Å². The molecule has 0 aliphatic carbocycles. The zero-order chi connectivity index (χ0) is 15.2. The lowest BCUT2D eigenvalue weighted by molar-refractivity contribution is -0.139. The number of methoxy groups -OCH3 is 1. The van der Waals surface area contributed by atoms with Crippen molar-refractivity contribution in [3.63, 3.8) is 0 Å². The van der Waals surface area contributed by atoms with Gasteiger partial charge in [-0.1, -0.05) is 39.0 Å². The molecule has 0 spiro atoms. The largest absolute Gasteiger partial charge is 0.496 e. The molecule has 20 heavy (non-hydrogen) atoms. The maximum Gasteiger partial charge on any atom is 0.320 e. The smallest absolute Gasteiger partial charge is 0.320 e. The van der Waals surface area contributed by atoms with E-state index in [0.29, 0.717) is 13.0 Å². The SMILES string of the molecule is COc1ccccc1CNC(CCC(C)(C)C)C(=O)O. The molecule has 1 unspecified atom stereocenters. The summed E-state index contributed by atoms with van der Waals surface area (Å²) < 4.78 is 5.26. The minimum absolute atomic E-state index is 0.139. The molecule has 1 atom stereocenters. The summed E-state index contributed by atoms with van der Waals surface area (Å²) >= 11 is 0. The van der Waals surface area contributed by atoms with E-state index >= 15 is 0 Å². The highest BCUT2D eigenvalue weighted by Crippen LogP contribution is 2.22. The van der Waals surface area contributed by atoms with Crippen LogP contribution in [0.15, 0.2) is 24.3 Å². The molecule has 1 aromatic carbocycles. The van der Waals surface area contributed by atoms with Crippen LogP contribution in [-0.4, -0.2) is 24.2 Å². The van der Waals surface area contributed by atoms with Gasteiger partial charge in [-0.05, 0) is 24.3 Å².